The molecule has 0 unspecified atom stereocenters. The fourth-order valence-corrected chi connectivity index (χ4v) is 2.42. The number of nitrogens with one attached hydrogen (secondary N) is 1. The van der Waals surface area contributed by atoms with Gasteiger partial charge in [-0.2, -0.15) is 5.26 Å². The fourth-order valence-electron chi connectivity index (χ4n) is 2.42. The van der Waals surface area contributed by atoms with Crippen LogP contribution in [0.1, 0.15) is 5.56 Å². The lowest BCUT2D eigenvalue weighted by Gasteiger charge is -2.10. The lowest BCUT2D eigenvalue weighted by atomic mass is 10.1. The average Bonchev–Trinajstić information content (AvgIpc) is 2.55. The number of nitrogens with zero attached hydrogens (tertiary/aromatic N) is 2. The summed E-state index contributed by atoms with van der Waals surface area (Å²) >= 11 is 0. The van der Waals surface area contributed by atoms with Gasteiger partial charge in [-0.05, 0) is 35.7 Å². The Bertz CT molecular complexity index is 970. The molecule has 0 atom stereocenters. The van der Waals surface area contributed by atoms with Crippen molar-refractivity contribution in [2.75, 3.05) is 12.4 Å². The Labute approximate surface area is 126 Å². The molecule has 22 heavy (non-hydrogen) atoms. The number of pyridine rings is 1. The standard InChI is InChI=1S/C17H12FN3O/c1-20-15-8-11-6-7-21(17(22)13(11)9-14(15)18)16-5-3-2-4-12(16)10-19/h2-9,20H,1H3. The van der Waals surface area contributed by atoms with Gasteiger partial charge in [0.2, 0.25) is 0 Å². The Morgan fingerprint density at radius 2 is 2.00 bits per heavy atom. The van der Waals surface area contributed by atoms with Crippen LogP contribution in [0, 0.1) is 17.1 Å². The second kappa shape index (κ2) is 5.34. The third-order valence-corrected chi connectivity index (χ3v) is 3.54. The van der Waals surface area contributed by atoms with E-state index in [4.69, 9.17) is 5.26 Å². The zero-order chi connectivity index (χ0) is 15.7. The van der Waals surface area contributed by atoms with Gasteiger partial charge in [-0.3, -0.25) is 9.36 Å². The molecule has 0 aliphatic heterocycles. The number of fused-ring (bicyclic) bond motifs is 1. The molecule has 3 aromatic rings. The van der Waals surface area contributed by atoms with Crippen LogP contribution in [0.2, 0.25) is 0 Å². The SMILES string of the molecule is CNc1cc2ccn(-c3ccccc3C#N)c(=O)c2cc1F. The molecule has 3 rings (SSSR count). The lowest BCUT2D eigenvalue weighted by molar-refractivity contribution is 0.633. The summed E-state index contributed by atoms with van der Waals surface area (Å²) in [6, 6.07) is 13.4. The second-order valence-corrected chi connectivity index (χ2v) is 4.79. The normalized spacial score (nSPS) is 10.4. The van der Waals surface area contributed by atoms with E-state index in [0.717, 1.165) is 0 Å². The van der Waals surface area contributed by atoms with Gasteiger partial charge in [0, 0.05) is 13.2 Å². The Kier molecular flexibility index (Phi) is 3.36. The minimum atomic E-state index is -0.488. The van der Waals surface area contributed by atoms with Gasteiger partial charge in [0.15, 0.2) is 0 Å². The molecule has 4 nitrogen and oxygen atoms in total. The molecule has 1 aromatic heterocycles. The van der Waals surface area contributed by atoms with Gasteiger partial charge in [-0.1, -0.05) is 12.1 Å². The molecule has 0 aliphatic rings. The van der Waals surface area contributed by atoms with Crippen LogP contribution in [0.15, 0.2) is 53.5 Å². The molecule has 0 spiro atoms. The van der Waals surface area contributed by atoms with Crippen LogP contribution in [0.5, 0.6) is 0 Å². The Balaban J connectivity index is 2.32. The summed E-state index contributed by atoms with van der Waals surface area (Å²) in [4.78, 5) is 12.6. The quantitative estimate of drug-likeness (QED) is 0.790. The summed E-state index contributed by atoms with van der Waals surface area (Å²) in [5.74, 6) is -0.488. The van der Waals surface area contributed by atoms with Crippen molar-refractivity contribution >= 4 is 16.5 Å². The van der Waals surface area contributed by atoms with Crippen molar-refractivity contribution in [3.63, 3.8) is 0 Å². The first-order chi connectivity index (χ1) is 10.7. The fraction of sp³-hybridized carbons (Fsp3) is 0.0588. The van der Waals surface area contributed by atoms with Crippen LogP contribution in [0.25, 0.3) is 16.5 Å². The highest BCUT2D eigenvalue weighted by Crippen LogP contribution is 2.21. The molecule has 0 radical (unpaired) electrons. The number of anilines is 1. The number of rotatable bonds is 2. The van der Waals surface area contributed by atoms with E-state index in [1.54, 1.807) is 49.6 Å². The van der Waals surface area contributed by atoms with Crippen LogP contribution >= 0.6 is 0 Å². The summed E-state index contributed by atoms with van der Waals surface area (Å²) in [6.45, 7) is 0. The third kappa shape index (κ3) is 2.11. The zero-order valence-electron chi connectivity index (χ0n) is 11.8. The predicted molar refractivity (Wildman–Crippen MR) is 83.8 cm³/mol. The smallest absolute Gasteiger partial charge is 0.263 e. The second-order valence-electron chi connectivity index (χ2n) is 4.79. The topological polar surface area (TPSA) is 57.8 Å². The van der Waals surface area contributed by atoms with Crippen molar-refractivity contribution in [1.82, 2.24) is 4.57 Å². The molecule has 5 heteroatoms. The number of benzene rings is 2. The van der Waals surface area contributed by atoms with Gasteiger partial charge in [-0.15, -0.1) is 0 Å². The molecule has 1 N–H and O–H groups in total. The van der Waals surface area contributed by atoms with Crippen molar-refractivity contribution in [3.05, 3.63) is 70.4 Å². The molecule has 2 aromatic carbocycles. The molecule has 0 saturated carbocycles. The molecular weight excluding hydrogens is 281 g/mol. The highest BCUT2D eigenvalue weighted by molar-refractivity contribution is 5.85. The van der Waals surface area contributed by atoms with Crippen LogP contribution in [0.4, 0.5) is 10.1 Å². The Morgan fingerprint density at radius 3 is 2.73 bits per heavy atom. The van der Waals surface area contributed by atoms with Crippen LogP contribution in [0.3, 0.4) is 0 Å². The van der Waals surface area contributed by atoms with Gasteiger partial charge < -0.3 is 5.32 Å². The maximum Gasteiger partial charge on any atom is 0.263 e. The van der Waals surface area contributed by atoms with Gasteiger partial charge in [-0.25, -0.2) is 4.39 Å². The first-order valence-electron chi connectivity index (χ1n) is 6.68. The number of halogens is 1. The van der Waals surface area contributed by atoms with Crippen molar-refractivity contribution < 1.29 is 4.39 Å². The average molecular weight is 293 g/mol. The molecular formula is C17H12FN3O. The summed E-state index contributed by atoms with van der Waals surface area (Å²) in [5, 5.41) is 12.8. The maximum absolute atomic E-state index is 13.9. The molecule has 1 heterocycles. The molecule has 0 amide bonds. The van der Waals surface area contributed by atoms with E-state index in [1.165, 1.54) is 10.6 Å². The van der Waals surface area contributed by atoms with E-state index in [0.29, 0.717) is 22.3 Å². The van der Waals surface area contributed by atoms with E-state index in [-0.39, 0.29) is 10.9 Å². The molecule has 108 valence electrons. The van der Waals surface area contributed by atoms with Crippen LogP contribution in [-0.4, -0.2) is 11.6 Å². The largest absolute Gasteiger partial charge is 0.386 e. The monoisotopic (exact) mass is 293 g/mol. The number of para-hydroxylation sites is 1. The first-order valence-corrected chi connectivity index (χ1v) is 6.68. The molecule has 0 aliphatic carbocycles. The summed E-state index contributed by atoms with van der Waals surface area (Å²) in [6.07, 6.45) is 1.60. The van der Waals surface area contributed by atoms with Gasteiger partial charge in [0.05, 0.1) is 22.3 Å². The van der Waals surface area contributed by atoms with Crippen LogP contribution in [-0.2, 0) is 0 Å². The van der Waals surface area contributed by atoms with Crippen molar-refractivity contribution in [2.45, 2.75) is 0 Å². The number of hydrogen-bond donors (Lipinski definition) is 1. The highest BCUT2D eigenvalue weighted by Gasteiger charge is 2.11. The molecule has 0 saturated heterocycles. The van der Waals surface area contributed by atoms with E-state index >= 15 is 0 Å². The van der Waals surface area contributed by atoms with E-state index in [9.17, 15) is 9.18 Å². The van der Waals surface area contributed by atoms with Gasteiger partial charge >= 0.3 is 0 Å². The predicted octanol–water partition coefficient (Wildman–Crippen LogP) is 3.04. The molecule has 0 bridgehead atoms. The van der Waals surface area contributed by atoms with E-state index < -0.39 is 5.82 Å². The summed E-state index contributed by atoms with van der Waals surface area (Å²) < 4.78 is 15.3. The van der Waals surface area contributed by atoms with E-state index in [1.807, 2.05) is 0 Å². The van der Waals surface area contributed by atoms with Crippen molar-refractivity contribution in [1.29, 1.82) is 5.26 Å². The number of nitriles is 1. The van der Waals surface area contributed by atoms with Gasteiger partial charge in [0.1, 0.15) is 11.9 Å². The maximum atomic E-state index is 13.9. The summed E-state index contributed by atoms with van der Waals surface area (Å²) in [7, 11) is 1.62. The minimum Gasteiger partial charge on any atom is -0.386 e. The highest BCUT2D eigenvalue weighted by atomic mass is 19.1. The lowest BCUT2D eigenvalue weighted by Crippen LogP contribution is -2.18. The number of aromatic nitrogens is 1. The van der Waals surface area contributed by atoms with Crippen molar-refractivity contribution in [2.24, 2.45) is 0 Å². The zero-order valence-corrected chi connectivity index (χ0v) is 11.8. The van der Waals surface area contributed by atoms with Crippen LogP contribution < -0.4 is 10.9 Å². The number of hydrogen-bond acceptors (Lipinski definition) is 3. The Morgan fingerprint density at radius 1 is 1.23 bits per heavy atom. The van der Waals surface area contributed by atoms with E-state index in [2.05, 4.69) is 11.4 Å². The Hall–Kier alpha value is -3.13. The minimum absolute atomic E-state index is 0.270. The van der Waals surface area contributed by atoms with Gasteiger partial charge in [0.25, 0.3) is 5.56 Å². The third-order valence-electron chi connectivity index (χ3n) is 3.54. The first kappa shape index (κ1) is 13.8. The summed E-state index contributed by atoms with van der Waals surface area (Å²) in [5.41, 5.74) is 0.843. The molecule has 0 fully saturated rings. The van der Waals surface area contributed by atoms with Crippen molar-refractivity contribution in [3.8, 4) is 11.8 Å².